The quantitative estimate of drug-likeness (QED) is 0.334. The molecule has 0 aromatic rings. The molecular weight excluding hydrogens is 288 g/mol. The number of nitrogens with two attached hydrogens (primary N) is 1. The van der Waals surface area contributed by atoms with E-state index in [2.05, 4.69) is 4.90 Å². The Balaban J connectivity index is 4.56. The van der Waals surface area contributed by atoms with Crippen molar-refractivity contribution in [2.45, 2.75) is 64.5 Å². The predicted molar refractivity (Wildman–Crippen MR) is 86.1 cm³/mol. The van der Waals surface area contributed by atoms with Crippen molar-refractivity contribution in [1.29, 1.82) is 0 Å². The van der Waals surface area contributed by atoms with Crippen molar-refractivity contribution in [3.8, 4) is 0 Å². The van der Waals surface area contributed by atoms with Crippen molar-refractivity contribution in [2.24, 2.45) is 5.73 Å². The third kappa shape index (κ3) is 7.65. The first-order chi connectivity index (χ1) is 10.0. The van der Waals surface area contributed by atoms with Gasteiger partial charge in [0.1, 0.15) is 0 Å². The molecule has 8 nitrogen and oxygen atoms in total. The van der Waals surface area contributed by atoms with Gasteiger partial charge in [-0.2, -0.15) is 0 Å². The molecule has 0 spiro atoms. The van der Waals surface area contributed by atoms with E-state index in [4.69, 9.17) is 5.73 Å². The molecule has 2 N–H and O–H groups in total. The van der Waals surface area contributed by atoms with E-state index in [9.17, 15) is 20.2 Å². The van der Waals surface area contributed by atoms with Gasteiger partial charge in [0, 0.05) is 63.5 Å². The number of nitrogens with zero attached hydrogens (tertiary/aromatic N) is 3. The lowest BCUT2D eigenvalue weighted by molar-refractivity contribution is -0.562. The van der Waals surface area contributed by atoms with Gasteiger partial charge in [0.2, 0.25) is 11.1 Å². The SMILES string of the molecule is CC(C)(CCN(CCCCN)CCC(C)(C)[N+](=O)[O-])[N+](=O)[O-]. The van der Waals surface area contributed by atoms with Gasteiger partial charge < -0.3 is 10.6 Å². The van der Waals surface area contributed by atoms with Crippen molar-refractivity contribution >= 4 is 0 Å². The number of rotatable bonds is 12. The Morgan fingerprint density at radius 3 is 1.59 bits per heavy atom. The fraction of sp³-hybridized carbons (Fsp3) is 1.00. The highest BCUT2D eigenvalue weighted by molar-refractivity contribution is 4.74. The third-order valence-corrected chi connectivity index (χ3v) is 4.00. The molecule has 130 valence electrons. The molecule has 0 aromatic carbocycles. The summed E-state index contributed by atoms with van der Waals surface area (Å²) in [6, 6.07) is 0. The number of nitro groups is 2. The summed E-state index contributed by atoms with van der Waals surface area (Å²) in [7, 11) is 0. The number of unbranched alkanes of at least 4 members (excludes halogenated alkanes) is 1. The van der Waals surface area contributed by atoms with Crippen LogP contribution in [-0.4, -0.2) is 52.0 Å². The average molecular weight is 318 g/mol. The molecule has 8 heteroatoms. The lowest BCUT2D eigenvalue weighted by atomic mass is 9.99. The van der Waals surface area contributed by atoms with Crippen molar-refractivity contribution in [2.75, 3.05) is 26.2 Å². The van der Waals surface area contributed by atoms with Crippen LogP contribution in [0.4, 0.5) is 0 Å². The number of hydrogen-bond acceptors (Lipinski definition) is 6. The molecule has 0 rings (SSSR count). The maximum Gasteiger partial charge on any atom is 0.218 e. The minimum Gasteiger partial charge on any atom is -0.330 e. The van der Waals surface area contributed by atoms with Gasteiger partial charge in [-0.1, -0.05) is 0 Å². The molecule has 0 aromatic heterocycles. The van der Waals surface area contributed by atoms with Crippen LogP contribution < -0.4 is 5.73 Å². The van der Waals surface area contributed by atoms with Crippen molar-refractivity contribution < 1.29 is 9.85 Å². The zero-order valence-electron chi connectivity index (χ0n) is 14.2. The van der Waals surface area contributed by atoms with Crippen LogP contribution in [0.15, 0.2) is 0 Å². The lowest BCUT2D eigenvalue weighted by Crippen LogP contribution is -2.40. The topological polar surface area (TPSA) is 116 Å². The zero-order valence-corrected chi connectivity index (χ0v) is 14.2. The molecule has 0 heterocycles. The summed E-state index contributed by atoms with van der Waals surface area (Å²) in [5, 5.41) is 22.0. The molecule has 0 unspecified atom stereocenters. The summed E-state index contributed by atoms with van der Waals surface area (Å²) in [5.41, 5.74) is 3.52. The van der Waals surface area contributed by atoms with Crippen LogP contribution in [0.5, 0.6) is 0 Å². The largest absolute Gasteiger partial charge is 0.330 e. The second kappa shape index (κ2) is 8.99. The fourth-order valence-corrected chi connectivity index (χ4v) is 1.86. The maximum absolute atomic E-state index is 11.0. The van der Waals surface area contributed by atoms with E-state index in [0.29, 0.717) is 32.5 Å². The Morgan fingerprint density at radius 2 is 1.27 bits per heavy atom. The Hall–Kier alpha value is -1.28. The van der Waals surface area contributed by atoms with Crippen molar-refractivity contribution in [3.63, 3.8) is 0 Å². The van der Waals surface area contributed by atoms with Crippen LogP contribution in [0.2, 0.25) is 0 Å². The summed E-state index contributed by atoms with van der Waals surface area (Å²) in [6.45, 7) is 8.90. The second-order valence-electron chi connectivity index (χ2n) is 6.98. The molecule has 0 aliphatic rings. The second-order valence-corrected chi connectivity index (χ2v) is 6.98. The minimum atomic E-state index is -0.981. The van der Waals surface area contributed by atoms with E-state index in [1.165, 1.54) is 0 Å². The first kappa shape index (κ1) is 20.7. The van der Waals surface area contributed by atoms with Gasteiger partial charge in [0.15, 0.2) is 0 Å². The van der Waals surface area contributed by atoms with Crippen LogP contribution in [0.3, 0.4) is 0 Å². The highest BCUT2D eigenvalue weighted by Crippen LogP contribution is 2.17. The maximum atomic E-state index is 11.0. The molecule has 0 aliphatic heterocycles. The molecule has 0 radical (unpaired) electrons. The van der Waals surface area contributed by atoms with Crippen LogP contribution in [-0.2, 0) is 0 Å². The summed E-state index contributed by atoms with van der Waals surface area (Å²) >= 11 is 0. The summed E-state index contributed by atoms with van der Waals surface area (Å²) < 4.78 is 0. The van der Waals surface area contributed by atoms with Gasteiger partial charge in [-0.15, -0.1) is 0 Å². The van der Waals surface area contributed by atoms with E-state index < -0.39 is 11.1 Å². The molecule has 0 fully saturated rings. The van der Waals surface area contributed by atoms with Gasteiger partial charge in [-0.25, -0.2) is 0 Å². The normalized spacial score (nSPS) is 12.6. The summed E-state index contributed by atoms with van der Waals surface area (Å²) in [4.78, 5) is 23.5. The van der Waals surface area contributed by atoms with Gasteiger partial charge in [0.25, 0.3) is 0 Å². The van der Waals surface area contributed by atoms with Crippen LogP contribution >= 0.6 is 0 Å². The molecule has 22 heavy (non-hydrogen) atoms. The molecular formula is C14H30N4O4. The lowest BCUT2D eigenvalue weighted by Gasteiger charge is -2.27. The molecule has 0 amide bonds. The highest BCUT2D eigenvalue weighted by Gasteiger charge is 2.33. The Labute approximate surface area is 132 Å². The van der Waals surface area contributed by atoms with Crippen molar-refractivity contribution in [3.05, 3.63) is 20.2 Å². The molecule has 0 bridgehead atoms. The first-order valence-corrected chi connectivity index (χ1v) is 7.74. The molecule has 0 aliphatic carbocycles. The molecule has 0 saturated heterocycles. The standard InChI is InChI=1S/C14H30N4O4/c1-13(2,17(19)20)7-11-16(10-6-5-9-15)12-8-14(3,4)18(21)22/h5-12,15H2,1-4H3. The van der Waals surface area contributed by atoms with Crippen LogP contribution in [0, 0.1) is 20.2 Å². The van der Waals surface area contributed by atoms with E-state index in [1.807, 2.05) is 0 Å². The van der Waals surface area contributed by atoms with Gasteiger partial charge in [-0.05, 0) is 25.9 Å². The highest BCUT2D eigenvalue weighted by atomic mass is 16.6. The van der Waals surface area contributed by atoms with Crippen molar-refractivity contribution in [1.82, 2.24) is 4.90 Å². The third-order valence-electron chi connectivity index (χ3n) is 4.00. The predicted octanol–water partition coefficient (Wildman–Crippen LogP) is 1.92. The van der Waals surface area contributed by atoms with Gasteiger partial charge in [-0.3, -0.25) is 20.2 Å². The Bertz CT molecular complexity index is 342. The minimum absolute atomic E-state index is 0.272. The molecule has 0 atom stereocenters. The van der Waals surface area contributed by atoms with E-state index >= 15 is 0 Å². The Morgan fingerprint density at radius 1 is 0.864 bits per heavy atom. The number of hydrogen-bond donors (Lipinski definition) is 1. The summed E-state index contributed by atoms with van der Waals surface area (Å²) in [5.74, 6) is 0. The smallest absolute Gasteiger partial charge is 0.218 e. The monoisotopic (exact) mass is 318 g/mol. The van der Waals surface area contributed by atoms with E-state index in [1.54, 1.807) is 27.7 Å². The zero-order chi connectivity index (χ0) is 17.4. The fourth-order valence-electron chi connectivity index (χ4n) is 1.86. The average Bonchev–Trinajstić information content (AvgIpc) is 2.41. The van der Waals surface area contributed by atoms with Gasteiger partial charge >= 0.3 is 0 Å². The first-order valence-electron chi connectivity index (χ1n) is 7.74. The van der Waals surface area contributed by atoms with Crippen LogP contribution in [0.25, 0.3) is 0 Å². The van der Waals surface area contributed by atoms with E-state index in [0.717, 1.165) is 19.4 Å². The Kier molecular flexibility index (Phi) is 8.47. The van der Waals surface area contributed by atoms with Gasteiger partial charge in [0.05, 0.1) is 0 Å². The molecule has 0 saturated carbocycles. The van der Waals surface area contributed by atoms with E-state index in [-0.39, 0.29) is 9.85 Å². The summed E-state index contributed by atoms with van der Waals surface area (Å²) in [6.07, 6.45) is 2.62. The van der Waals surface area contributed by atoms with Crippen LogP contribution in [0.1, 0.15) is 53.4 Å².